The van der Waals surface area contributed by atoms with Crippen LogP contribution in [0.3, 0.4) is 0 Å². The molecule has 1 aliphatic heterocycles. The number of fused-ring (bicyclic) bond motifs is 1. The molecule has 0 fully saturated rings. The van der Waals surface area contributed by atoms with Gasteiger partial charge in [-0.15, -0.1) is 0 Å². The van der Waals surface area contributed by atoms with E-state index in [0.717, 1.165) is 16.7 Å². The first kappa shape index (κ1) is 16.1. The fourth-order valence-electron chi connectivity index (χ4n) is 3.22. The van der Waals surface area contributed by atoms with Crippen molar-refractivity contribution in [2.75, 3.05) is 6.54 Å². The van der Waals surface area contributed by atoms with Crippen LogP contribution >= 0.6 is 0 Å². The summed E-state index contributed by atoms with van der Waals surface area (Å²) in [5.74, 6) is -1.66. The van der Waals surface area contributed by atoms with E-state index in [1.54, 1.807) is 6.07 Å². The number of aliphatic carboxylic acids is 1. The van der Waals surface area contributed by atoms with Crippen LogP contribution in [0.15, 0.2) is 65.3 Å². The number of carbonyl (C=O) groups is 2. The minimum Gasteiger partial charge on any atom is -0.481 e. The first-order chi connectivity index (χ1) is 12.6. The largest absolute Gasteiger partial charge is 0.481 e. The molecule has 1 amide bonds. The van der Waals surface area contributed by atoms with E-state index in [4.69, 9.17) is 4.42 Å². The van der Waals surface area contributed by atoms with Gasteiger partial charge in [0.2, 0.25) is 5.89 Å². The first-order valence-electron chi connectivity index (χ1n) is 8.24. The molecule has 1 aliphatic rings. The molecule has 4 rings (SSSR count). The minimum absolute atomic E-state index is 0.110. The molecule has 1 atom stereocenters. The summed E-state index contributed by atoms with van der Waals surface area (Å²) in [4.78, 5) is 30.3. The van der Waals surface area contributed by atoms with Crippen molar-refractivity contribution in [3.63, 3.8) is 0 Å². The predicted octanol–water partition coefficient (Wildman–Crippen LogP) is 3.17. The van der Waals surface area contributed by atoms with E-state index >= 15 is 0 Å². The van der Waals surface area contributed by atoms with Gasteiger partial charge in [-0.3, -0.25) is 9.59 Å². The van der Waals surface area contributed by atoms with E-state index in [2.05, 4.69) is 4.98 Å². The van der Waals surface area contributed by atoms with E-state index in [0.29, 0.717) is 12.4 Å². The minimum atomic E-state index is -0.944. The van der Waals surface area contributed by atoms with Crippen molar-refractivity contribution in [2.24, 2.45) is 0 Å². The number of hydrogen-bond acceptors (Lipinski definition) is 4. The van der Waals surface area contributed by atoms with E-state index in [-0.39, 0.29) is 18.1 Å². The second-order valence-corrected chi connectivity index (χ2v) is 6.18. The fourth-order valence-corrected chi connectivity index (χ4v) is 3.22. The summed E-state index contributed by atoms with van der Waals surface area (Å²) in [5.41, 5.74) is 2.55. The predicted molar refractivity (Wildman–Crippen MR) is 93.5 cm³/mol. The molecule has 0 aliphatic carbocycles. The van der Waals surface area contributed by atoms with Crippen LogP contribution in [0, 0.1) is 0 Å². The van der Waals surface area contributed by atoms with Crippen LogP contribution in [0.5, 0.6) is 0 Å². The number of rotatable bonds is 3. The standard InChI is InChI=1S/C20H16N2O4/c23-19(17-12-26-18(21-17)13-6-2-1-3-7-13)22-10-14-8-4-5-9-15(14)16(11-22)20(24)25/h1-9,12,16H,10-11H2,(H,24,25). The smallest absolute Gasteiger partial charge is 0.312 e. The third-order valence-electron chi connectivity index (χ3n) is 4.52. The molecule has 130 valence electrons. The second kappa shape index (κ2) is 6.48. The Kier molecular flexibility index (Phi) is 4.01. The van der Waals surface area contributed by atoms with Gasteiger partial charge in [0.25, 0.3) is 5.91 Å². The highest BCUT2D eigenvalue weighted by Gasteiger charge is 2.33. The maximum Gasteiger partial charge on any atom is 0.312 e. The van der Waals surface area contributed by atoms with Crippen LogP contribution in [-0.4, -0.2) is 33.4 Å². The number of benzene rings is 2. The maximum atomic E-state index is 12.8. The van der Waals surface area contributed by atoms with Crippen LogP contribution < -0.4 is 0 Å². The average molecular weight is 348 g/mol. The van der Waals surface area contributed by atoms with Crippen molar-refractivity contribution in [2.45, 2.75) is 12.5 Å². The molecule has 0 saturated carbocycles. The number of amides is 1. The van der Waals surface area contributed by atoms with Gasteiger partial charge in [0.1, 0.15) is 6.26 Å². The number of carbonyl (C=O) groups excluding carboxylic acids is 1. The van der Waals surface area contributed by atoms with Crippen molar-refractivity contribution in [3.8, 4) is 11.5 Å². The molecule has 6 heteroatoms. The lowest BCUT2D eigenvalue weighted by atomic mass is 9.89. The summed E-state index contributed by atoms with van der Waals surface area (Å²) in [5, 5.41) is 9.54. The van der Waals surface area contributed by atoms with Gasteiger partial charge in [0.05, 0.1) is 5.92 Å². The van der Waals surface area contributed by atoms with Crippen molar-refractivity contribution < 1.29 is 19.1 Å². The molecule has 1 unspecified atom stereocenters. The summed E-state index contributed by atoms with van der Waals surface area (Å²) in [6.07, 6.45) is 1.32. The molecule has 1 N–H and O–H groups in total. The van der Waals surface area contributed by atoms with Gasteiger partial charge in [-0.2, -0.15) is 0 Å². The van der Waals surface area contributed by atoms with Gasteiger partial charge in [0.15, 0.2) is 5.69 Å². The molecule has 6 nitrogen and oxygen atoms in total. The molecule has 1 aromatic heterocycles. The number of carboxylic acids is 1. The van der Waals surface area contributed by atoms with Crippen LogP contribution in [0.2, 0.25) is 0 Å². The van der Waals surface area contributed by atoms with Gasteiger partial charge in [-0.25, -0.2) is 4.98 Å². The lowest BCUT2D eigenvalue weighted by Crippen LogP contribution is -2.40. The molecule has 0 saturated heterocycles. The Labute approximate surface area is 149 Å². The van der Waals surface area contributed by atoms with Crippen LogP contribution in [0.4, 0.5) is 0 Å². The summed E-state index contributed by atoms with van der Waals surface area (Å²) >= 11 is 0. The average Bonchev–Trinajstić information content (AvgIpc) is 3.17. The Bertz CT molecular complexity index is 965. The number of hydrogen-bond donors (Lipinski definition) is 1. The quantitative estimate of drug-likeness (QED) is 0.786. The monoisotopic (exact) mass is 348 g/mol. The second-order valence-electron chi connectivity index (χ2n) is 6.18. The van der Waals surface area contributed by atoms with Crippen molar-refractivity contribution in [3.05, 3.63) is 77.7 Å². The fraction of sp³-hybridized carbons (Fsp3) is 0.150. The Morgan fingerprint density at radius 3 is 2.58 bits per heavy atom. The van der Waals surface area contributed by atoms with Gasteiger partial charge >= 0.3 is 5.97 Å². The van der Waals surface area contributed by atoms with Crippen LogP contribution in [0.1, 0.15) is 27.5 Å². The molecule has 2 heterocycles. The number of carboxylic acid groups (broad SMARTS) is 1. The molecule has 0 bridgehead atoms. The number of nitrogens with zero attached hydrogens (tertiary/aromatic N) is 2. The number of oxazole rings is 1. The van der Waals surface area contributed by atoms with Gasteiger partial charge in [-0.05, 0) is 23.3 Å². The summed E-state index contributed by atoms with van der Waals surface area (Å²) in [6, 6.07) is 16.6. The van der Waals surface area contributed by atoms with Crippen molar-refractivity contribution in [1.29, 1.82) is 0 Å². The van der Waals surface area contributed by atoms with E-state index in [1.165, 1.54) is 11.2 Å². The zero-order chi connectivity index (χ0) is 18.1. The third kappa shape index (κ3) is 2.86. The third-order valence-corrected chi connectivity index (χ3v) is 4.52. The molecule has 0 spiro atoms. The van der Waals surface area contributed by atoms with E-state index in [1.807, 2.05) is 48.5 Å². The van der Waals surface area contributed by atoms with E-state index in [9.17, 15) is 14.7 Å². The van der Waals surface area contributed by atoms with Gasteiger partial charge < -0.3 is 14.4 Å². The van der Waals surface area contributed by atoms with Crippen LogP contribution in [0.25, 0.3) is 11.5 Å². The highest BCUT2D eigenvalue weighted by Crippen LogP contribution is 2.29. The molecule has 2 aromatic carbocycles. The molecular weight excluding hydrogens is 332 g/mol. The first-order valence-corrected chi connectivity index (χ1v) is 8.24. The van der Waals surface area contributed by atoms with Gasteiger partial charge in [-0.1, -0.05) is 42.5 Å². The molecule has 3 aromatic rings. The topological polar surface area (TPSA) is 83.6 Å². The molecule has 0 radical (unpaired) electrons. The highest BCUT2D eigenvalue weighted by atomic mass is 16.4. The lowest BCUT2D eigenvalue weighted by Gasteiger charge is -2.32. The van der Waals surface area contributed by atoms with Crippen molar-refractivity contribution >= 4 is 11.9 Å². The van der Waals surface area contributed by atoms with E-state index < -0.39 is 11.9 Å². The Morgan fingerprint density at radius 2 is 1.81 bits per heavy atom. The molecular formula is C20H16N2O4. The SMILES string of the molecule is O=C(O)C1CN(C(=O)c2coc(-c3ccccc3)n2)Cc2ccccc21. The maximum absolute atomic E-state index is 12.8. The normalized spacial score (nSPS) is 16.2. The summed E-state index contributed by atoms with van der Waals surface area (Å²) < 4.78 is 5.43. The summed E-state index contributed by atoms with van der Waals surface area (Å²) in [6.45, 7) is 0.463. The Morgan fingerprint density at radius 1 is 1.08 bits per heavy atom. The zero-order valence-electron chi connectivity index (χ0n) is 13.8. The lowest BCUT2D eigenvalue weighted by molar-refractivity contribution is -0.139. The highest BCUT2D eigenvalue weighted by molar-refractivity contribution is 5.93. The number of aromatic nitrogens is 1. The Balaban J connectivity index is 1.61. The molecule has 26 heavy (non-hydrogen) atoms. The zero-order valence-corrected chi connectivity index (χ0v) is 13.8. The van der Waals surface area contributed by atoms with Gasteiger partial charge in [0, 0.05) is 18.7 Å². The van der Waals surface area contributed by atoms with Crippen molar-refractivity contribution in [1.82, 2.24) is 9.88 Å². The van der Waals surface area contributed by atoms with Crippen LogP contribution in [-0.2, 0) is 11.3 Å². The summed E-state index contributed by atoms with van der Waals surface area (Å²) in [7, 11) is 0. The Hall–Kier alpha value is -3.41.